The summed E-state index contributed by atoms with van der Waals surface area (Å²) in [7, 11) is -0.436. The van der Waals surface area contributed by atoms with Crippen molar-refractivity contribution in [3.05, 3.63) is 0 Å². The third kappa shape index (κ3) is 3.69. The number of likely N-dealkylation sites (tertiary alicyclic amines) is 1. The number of sulfone groups is 1. The van der Waals surface area contributed by atoms with Gasteiger partial charge in [0.2, 0.25) is 0 Å². The molecule has 8 nitrogen and oxygen atoms in total. The molecule has 2 aliphatic rings. The van der Waals surface area contributed by atoms with Crippen molar-refractivity contribution in [3.8, 4) is 0 Å². The number of ether oxygens (including phenoxy) is 1. The van der Waals surface area contributed by atoms with Crippen LogP contribution in [0.1, 0.15) is 39.5 Å². The normalized spacial score (nSPS) is 26.7. The van der Waals surface area contributed by atoms with Crippen LogP contribution in [0.15, 0.2) is 0 Å². The number of methoxy groups -OCH3 is 1. The van der Waals surface area contributed by atoms with Crippen LogP contribution in [-0.4, -0.2) is 85.2 Å². The zero-order valence-electron chi connectivity index (χ0n) is 16.0. The van der Waals surface area contributed by atoms with E-state index in [1.807, 2.05) is 13.8 Å². The van der Waals surface area contributed by atoms with Crippen LogP contribution in [0.2, 0.25) is 0 Å². The van der Waals surface area contributed by atoms with E-state index in [9.17, 15) is 18.0 Å². The van der Waals surface area contributed by atoms with Crippen LogP contribution >= 0.6 is 0 Å². The Morgan fingerprint density at radius 3 is 2.46 bits per heavy atom. The molecule has 0 bridgehead atoms. The molecule has 0 radical (unpaired) electrons. The molecule has 1 aliphatic heterocycles. The summed E-state index contributed by atoms with van der Waals surface area (Å²) in [5.74, 6) is -0.797. The number of aliphatic hydroxyl groups excluding tert-OH is 1. The van der Waals surface area contributed by atoms with E-state index in [1.165, 1.54) is 12.0 Å². The van der Waals surface area contributed by atoms with Crippen LogP contribution in [0.25, 0.3) is 0 Å². The Kier molecular flexibility index (Phi) is 6.22. The molecule has 0 aromatic heterocycles. The number of likely N-dealkylation sites (N-methyl/N-ethyl adjacent to an activating group) is 1. The number of hydrogen-bond donors (Lipinski definition) is 1. The maximum absolute atomic E-state index is 13.1. The van der Waals surface area contributed by atoms with E-state index in [0.717, 1.165) is 12.8 Å². The second-order valence-corrected chi connectivity index (χ2v) is 10.1. The van der Waals surface area contributed by atoms with Gasteiger partial charge in [0, 0.05) is 19.1 Å². The summed E-state index contributed by atoms with van der Waals surface area (Å²) >= 11 is 0. The van der Waals surface area contributed by atoms with E-state index in [4.69, 9.17) is 9.84 Å². The van der Waals surface area contributed by atoms with Crippen molar-refractivity contribution < 1.29 is 27.9 Å². The van der Waals surface area contributed by atoms with Gasteiger partial charge in [-0.25, -0.2) is 18.0 Å². The molecular formula is C17H30N2O6S. The minimum Gasteiger partial charge on any atom is -0.467 e. The summed E-state index contributed by atoms with van der Waals surface area (Å²) in [6.45, 7) is 3.88. The third-order valence-electron chi connectivity index (χ3n) is 5.72. The fourth-order valence-electron chi connectivity index (χ4n) is 4.30. The Balaban J connectivity index is 2.13. The zero-order chi connectivity index (χ0) is 19.7. The van der Waals surface area contributed by atoms with Crippen LogP contribution < -0.4 is 0 Å². The van der Waals surface area contributed by atoms with Gasteiger partial charge in [0.25, 0.3) is 0 Å². The molecule has 1 heterocycles. The van der Waals surface area contributed by atoms with Gasteiger partial charge in [-0.15, -0.1) is 0 Å². The second kappa shape index (κ2) is 7.72. The van der Waals surface area contributed by atoms with Gasteiger partial charge < -0.3 is 19.6 Å². The Morgan fingerprint density at radius 2 is 1.96 bits per heavy atom. The highest BCUT2D eigenvalue weighted by molar-refractivity contribution is 7.92. The maximum Gasteiger partial charge on any atom is 0.328 e. The summed E-state index contributed by atoms with van der Waals surface area (Å²) in [5.41, 5.74) is -0.448. The fraction of sp³-hybridized carbons (Fsp3) is 0.882. The molecule has 26 heavy (non-hydrogen) atoms. The van der Waals surface area contributed by atoms with Gasteiger partial charge in [-0.2, -0.15) is 0 Å². The quantitative estimate of drug-likeness (QED) is 0.668. The molecule has 2 rings (SSSR count). The molecule has 1 N–H and O–H groups in total. The van der Waals surface area contributed by atoms with Crippen molar-refractivity contribution in [1.29, 1.82) is 0 Å². The minimum absolute atomic E-state index is 0.103. The SMILES string of the molecule is COC(=O)[C@H](C(C)C)N(C)C(=O)N1CCCC12CC(S(=O)(=O)CCO)C2. The van der Waals surface area contributed by atoms with Crippen LogP contribution in [0.5, 0.6) is 0 Å². The first-order valence-electron chi connectivity index (χ1n) is 9.04. The molecule has 0 aromatic rings. The lowest BCUT2D eigenvalue weighted by Crippen LogP contribution is -2.63. The summed E-state index contributed by atoms with van der Waals surface area (Å²) in [4.78, 5) is 28.3. The molecule has 2 fully saturated rings. The predicted octanol–water partition coefficient (Wildman–Crippen LogP) is 0.640. The first kappa shape index (κ1) is 21.0. The van der Waals surface area contributed by atoms with Crippen LogP contribution in [0.3, 0.4) is 0 Å². The van der Waals surface area contributed by atoms with E-state index in [0.29, 0.717) is 19.4 Å². The van der Waals surface area contributed by atoms with E-state index < -0.39 is 32.6 Å². The van der Waals surface area contributed by atoms with E-state index in [1.54, 1.807) is 11.9 Å². The van der Waals surface area contributed by atoms with Crippen molar-refractivity contribution in [2.24, 2.45) is 5.92 Å². The van der Waals surface area contributed by atoms with Crippen molar-refractivity contribution in [2.45, 2.75) is 56.4 Å². The molecule has 0 unspecified atom stereocenters. The average Bonchev–Trinajstić information content (AvgIpc) is 2.97. The largest absolute Gasteiger partial charge is 0.467 e. The molecule has 1 saturated carbocycles. The number of hydrogen-bond acceptors (Lipinski definition) is 6. The molecule has 0 aromatic carbocycles. The van der Waals surface area contributed by atoms with Gasteiger partial charge in [0.1, 0.15) is 6.04 Å². The average molecular weight is 391 g/mol. The number of aliphatic hydroxyl groups is 1. The zero-order valence-corrected chi connectivity index (χ0v) is 16.8. The molecular weight excluding hydrogens is 360 g/mol. The molecule has 9 heteroatoms. The summed E-state index contributed by atoms with van der Waals surface area (Å²) in [6.07, 6.45) is 2.39. The lowest BCUT2D eigenvalue weighted by molar-refractivity contribution is -0.147. The van der Waals surface area contributed by atoms with Crippen molar-refractivity contribution in [3.63, 3.8) is 0 Å². The predicted molar refractivity (Wildman–Crippen MR) is 96.4 cm³/mol. The van der Waals surface area contributed by atoms with E-state index >= 15 is 0 Å². The standard InChI is InChI=1S/C17H30N2O6S/c1-12(2)14(15(21)25-4)18(3)16(22)19-7-5-6-17(19)10-13(11-17)26(23,24)9-8-20/h12-14,20H,5-11H2,1-4H3/t13?,14-,17?/m0/s1. The summed E-state index contributed by atoms with van der Waals surface area (Å²) < 4.78 is 29.1. The Hall–Kier alpha value is -1.35. The summed E-state index contributed by atoms with van der Waals surface area (Å²) in [6, 6.07) is -0.941. The monoisotopic (exact) mass is 390 g/mol. The first-order valence-corrected chi connectivity index (χ1v) is 10.8. The minimum atomic E-state index is -3.33. The lowest BCUT2D eigenvalue weighted by Gasteiger charge is -2.51. The van der Waals surface area contributed by atoms with Crippen molar-refractivity contribution >= 4 is 21.8 Å². The Morgan fingerprint density at radius 1 is 1.35 bits per heavy atom. The molecule has 150 valence electrons. The van der Waals surface area contributed by atoms with Crippen LogP contribution in [0, 0.1) is 5.92 Å². The van der Waals surface area contributed by atoms with Gasteiger partial charge in [-0.1, -0.05) is 13.8 Å². The molecule has 1 atom stereocenters. The van der Waals surface area contributed by atoms with Crippen molar-refractivity contribution in [1.82, 2.24) is 9.80 Å². The number of rotatable bonds is 6. The maximum atomic E-state index is 13.1. The van der Waals surface area contributed by atoms with Gasteiger partial charge in [-0.05, 0) is 31.6 Å². The molecule has 1 spiro atoms. The Bertz CT molecular complexity index is 642. The van der Waals surface area contributed by atoms with Gasteiger partial charge in [0.15, 0.2) is 9.84 Å². The number of urea groups is 1. The van der Waals surface area contributed by atoms with E-state index in [-0.39, 0.29) is 24.3 Å². The second-order valence-electron chi connectivity index (χ2n) is 7.71. The smallest absolute Gasteiger partial charge is 0.328 e. The number of carbonyl (C=O) groups is 2. The van der Waals surface area contributed by atoms with Crippen LogP contribution in [-0.2, 0) is 19.4 Å². The number of carbonyl (C=O) groups excluding carboxylic acids is 2. The Labute approximate surface area is 155 Å². The van der Waals surface area contributed by atoms with Gasteiger partial charge in [-0.3, -0.25) is 0 Å². The highest BCUT2D eigenvalue weighted by atomic mass is 32.2. The highest BCUT2D eigenvalue weighted by Gasteiger charge is 2.57. The molecule has 1 saturated heterocycles. The highest BCUT2D eigenvalue weighted by Crippen LogP contribution is 2.48. The lowest BCUT2D eigenvalue weighted by atomic mass is 9.74. The van der Waals surface area contributed by atoms with Crippen LogP contribution in [0.4, 0.5) is 4.79 Å². The fourth-order valence-corrected chi connectivity index (χ4v) is 6.02. The molecule has 2 amide bonds. The topological polar surface area (TPSA) is 104 Å². The number of nitrogens with zero attached hydrogens (tertiary/aromatic N) is 2. The van der Waals surface area contributed by atoms with E-state index in [2.05, 4.69) is 0 Å². The molecule has 1 aliphatic carbocycles. The van der Waals surface area contributed by atoms with Gasteiger partial charge >= 0.3 is 12.0 Å². The van der Waals surface area contributed by atoms with Crippen molar-refractivity contribution in [2.75, 3.05) is 33.1 Å². The van der Waals surface area contributed by atoms with Gasteiger partial charge in [0.05, 0.1) is 24.7 Å². The first-order chi connectivity index (χ1) is 12.1. The number of amides is 2. The third-order valence-corrected chi connectivity index (χ3v) is 7.82. The number of esters is 1. The summed E-state index contributed by atoms with van der Waals surface area (Å²) in [5, 5.41) is 8.43.